The zero-order valence-corrected chi connectivity index (χ0v) is 16.3. The monoisotopic (exact) mass is 423 g/mol. The van der Waals surface area contributed by atoms with E-state index in [1.165, 1.54) is 11.2 Å². The van der Waals surface area contributed by atoms with E-state index in [4.69, 9.17) is 5.73 Å². The molecule has 0 saturated carbocycles. The molecule has 1 aliphatic heterocycles. The van der Waals surface area contributed by atoms with Gasteiger partial charge < -0.3 is 5.73 Å². The maximum atomic E-state index is 13.0. The van der Waals surface area contributed by atoms with E-state index in [1.54, 1.807) is 24.5 Å². The van der Waals surface area contributed by atoms with Crippen LogP contribution in [0, 0.1) is 6.92 Å². The van der Waals surface area contributed by atoms with Crippen LogP contribution >= 0.6 is 0 Å². The molecule has 1 atom stereocenters. The summed E-state index contributed by atoms with van der Waals surface area (Å²) in [6.45, 7) is -1.02. The van der Waals surface area contributed by atoms with Crippen molar-refractivity contribution in [3.8, 4) is 11.1 Å². The van der Waals surface area contributed by atoms with Crippen LogP contribution in [0.1, 0.15) is 30.3 Å². The van der Waals surface area contributed by atoms with E-state index in [0.717, 1.165) is 23.0 Å². The van der Waals surface area contributed by atoms with Crippen molar-refractivity contribution < 1.29 is 17.2 Å². The first-order valence-electron chi connectivity index (χ1n) is 8.86. The van der Waals surface area contributed by atoms with E-state index in [2.05, 4.69) is 20.3 Å². The van der Waals surface area contributed by atoms with Gasteiger partial charge in [0.1, 0.15) is 10.7 Å². The summed E-state index contributed by atoms with van der Waals surface area (Å²) < 4.78 is 53.4. The van der Waals surface area contributed by atoms with E-state index in [9.17, 15) is 17.2 Å². The highest BCUT2D eigenvalue weighted by atomic mass is 32.2. The van der Waals surface area contributed by atoms with Gasteiger partial charge in [0, 0.05) is 36.5 Å². The van der Waals surface area contributed by atoms with Gasteiger partial charge in [0.25, 0.3) is 0 Å². The summed E-state index contributed by atoms with van der Waals surface area (Å²) in [5.41, 5.74) is 8.26. The zero-order valence-electron chi connectivity index (χ0n) is 15.5. The predicted octanol–water partition coefficient (Wildman–Crippen LogP) is 2.13. The maximum Gasteiger partial charge on any atom is 0.333 e. The van der Waals surface area contributed by atoms with Crippen LogP contribution in [-0.2, 0) is 10.0 Å². The largest absolute Gasteiger partial charge is 0.384 e. The Balaban J connectivity index is 1.60. The molecular weight excluding hydrogens is 404 g/mol. The molecule has 0 unspecified atom stereocenters. The number of aromatic amines is 1. The Labute approximate surface area is 165 Å². The van der Waals surface area contributed by atoms with Crippen molar-refractivity contribution in [3.05, 3.63) is 42.1 Å². The Kier molecular flexibility index (Phi) is 4.82. The van der Waals surface area contributed by atoms with E-state index in [-0.39, 0.29) is 29.6 Å². The van der Waals surface area contributed by atoms with Gasteiger partial charge in [0.05, 0.1) is 18.1 Å². The Morgan fingerprint density at radius 3 is 2.86 bits per heavy atom. The number of H-pyrrole nitrogens is 1. The van der Waals surface area contributed by atoms with E-state index in [1.807, 2.05) is 0 Å². The van der Waals surface area contributed by atoms with Crippen LogP contribution < -0.4 is 5.73 Å². The highest BCUT2D eigenvalue weighted by Crippen LogP contribution is 2.36. The van der Waals surface area contributed by atoms with Crippen molar-refractivity contribution in [3.63, 3.8) is 0 Å². The molecule has 3 N–H and O–H groups in total. The van der Waals surface area contributed by atoms with Crippen LogP contribution in [-0.4, -0.2) is 50.8 Å². The topological polar surface area (TPSA) is 123 Å². The molecule has 0 spiro atoms. The molecule has 3 aromatic heterocycles. The van der Waals surface area contributed by atoms with Gasteiger partial charge in [-0.1, -0.05) is 0 Å². The van der Waals surface area contributed by atoms with Crippen molar-refractivity contribution in [2.45, 2.75) is 30.7 Å². The summed E-state index contributed by atoms with van der Waals surface area (Å²) in [6.07, 6.45) is 4.70. The molecule has 9 nitrogen and oxygen atoms in total. The lowest BCUT2D eigenvalue weighted by atomic mass is 9.97. The van der Waals surface area contributed by atoms with Gasteiger partial charge in [-0.3, -0.25) is 5.10 Å². The average molecular weight is 423 g/mol. The van der Waals surface area contributed by atoms with Crippen molar-refractivity contribution in [1.82, 2.24) is 29.3 Å². The normalized spacial score (nSPS) is 18.0. The van der Waals surface area contributed by atoms with Crippen LogP contribution in [0.5, 0.6) is 0 Å². The number of nitrogens with two attached hydrogens (primary N) is 1. The summed E-state index contributed by atoms with van der Waals surface area (Å²) >= 11 is 0. The minimum absolute atomic E-state index is 0.0447. The second-order valence-electron chi connectivity index (χ2n) is 6.85. The summed E-state index contributed by atoms with van der Waals surface area (Å²) in [4.78, 5) is 3.77. The minimum atomic E-state index is -3.94. The molecule has 4 heterocycles. The predicted molar refractivity (Wildman–Crippen MR) is 101 cm³/mol. The van der Waals surface area contributed by atoms with Crippen molar-refractivity contribution >= 4 is 15.8 Å². The fraction of sp³-hybridized carbons (Fsp3) is 0.353. The van der Waals surface area contributed by atoms with Gasteiger partial charge in [-0.15, -0.1) is 0 Å². The molecule has 1 aliphatic rings. The van der Waals surface area contributed by atoms with Crippen LogP contribution in [0.2, 0.25) is 0 Å². The van der Waals surface area contributed by atoms with Crippen molar-refractivity contribution in [2.24, 2.45) is 0 Å². The van der Waals surface area contributed by atoms with Crippen molar-refractivity contribution in [2.75, 3.05) is 18.8 Å². The number of pyridine rings is 1. The number of sulfonamides is 1. The molecule has 1 saturated heterocycles. The molecule has 154 valence electrons. The number of alkyl halides is 2. The fourth-order valence-corrected chi connectivity index (χ4v) is 5.25. The van der Waals surface area contributed by atoms with Crippen molar-refractivity contribution in [1.29, 1.82) is 0 Å². The zero-order chi connectivity index (χ0) is 20.8. The number of hydrogen-bond donors (Lipinski definition) is 2. The minimum Gasteiger partial charge on any atom is -0.384 e. The molecule has 1 fully saturated rings. The SMILES string of the molecule is Cc1nn(C(F)F)cc1S(=O)(=O)N1CC[C@@H](c2[nH]ncc2-c2ccnc(N)c2)C1. The Hall–Kier alpha value is -2.86. The third kappa shape index (κ3) is 3.49. The second-order valence-corrected chi connectivity index (χ2v) is 8.76. The molecular formula is C17H19F2N7O2S. The maximum absolute atomic E-state index is 13.0. The number of halogens is 2. The van der Waals surface area contributed by atoms with Crippen LogP contribution in [0.3, 0.4) is 0 Å². The summed E-state index contributed by atoms with van der Waals surface area (Å²) in [6, 6.07) is 3.52. The number of nitrogens with zero attached hydrogens (tertiary/aromatic N) is 5. The quantitative estimate of drug-likeness (QED) is 0.648. The lowest BCUT2D eigenvalue weighted by Crippen LogP contribution is -2.29. The smallest absolute Gasteiger partial charge is 0.333 e. The number of anilines is 1. The lowest BCUT2D eigenvalue weighted by Gasteiger charge is -2.16. The highest BCUT2D eigenvalue weighted by molar-refractivity contribution is 7.89. The molecule has 0 aromatic carbocycles. The first kappa shape index (κ1) is 19.5. The molecule has 29 heavy (non-hydrogen) atoms. The molecule has 4 rings (SSSR count). The average Bonchev–Trinajstić information content (AvgIpc) is 3.40. The van der Waals surface area contributed by atoms with Gasteiger partial charge in [-0.05, 0) is 31.0 Å². The van der Waals surface area contributed by atoms with Gasteiger partial charge in [0.2, 0.25) is 10.0 Å². The summed E-state index contributed by atoms with van der Waals surface area (Å²) in [7, 11) is -3.94. The number of nitrogen functional groups attached to an aromatic ring is 1. The van der Waals surface area contributed by atoms with Crippen LogP contribution in [0.25, 0.3) is 11.1 Å². The van der Waals surface area contributed by atoms with Crippen LogP contribution in [0.15, 0.2) is 35.6 Å². The van der Waals surface area contributed by atoms with Gasteiger partial charge in [-0.2, -0.15) is 23.3 Å². The molecule has 0 amide bonds. The third-order valence-electron chi connectivity index (χ3n) is 5.01. The Morgan fingerprint density at radius 2 is 2.17 bits per heavy atom. The van der Waals surface area contributed by atoms with Gasteiger partial charge in [0.15, 0.2) is 0 Å². The summed E-state index contributed by atoms with van der Waals surface area (Å²) in [5.74, 6) is 0.249. The highest BCUT2D eigenvalue weighted by Gasteiger charge is 2.37. The third-order valence-corrected chi connectivity index (χ3v) is 6.98. The molecule has 0 radical (unpaired) electrons. The number of hydrogen-bond acceptors (Lipinski definition) is 6. The Bertz CT molecular complexity index is 1140. The van der Waals surface area contributed by atoms with Gasteiger partial charge in [-0.25, -0.2) is 18.1 Å². The number of nitrogens with one attached hydrogen (secondary N) is 1. The first-order chi connectivity index (χ1) is 13.8. The van der Waals surface area contributed by atoms with Gasteiger partial charge >= 0.3 is 6.55 Å². The van der Waals surface area contributed by atoms with E-state index < -0.39 is 16.6 Å². The van der Waals surface area contributed by atoms with E-state index >= 15 is 0 Å². The van der Waals surface area contributed by atoms with Crippen LogP contribution in [0.4, 0.5) is 14.6 Å². The lowest BCUT2D eigenvalue weighted by molar-refractivity contribution is 0.0561. The summed E-state index contributed by atoms with van der Waals surface area (Å²) in [5, 5.41) is 10.7. The number of aromatic nitrogens is 5. The standard InChI is InChI=1S/C17H19F2N7O2S/c1-10-14(9-26(24-10)17(18)19)29(27,28)25-5-3-12(8-25)16-13(7-22-23-16)11-2-4-21-15(20)6-11/h2,4,6-7,9,12,17H,3,5,8H2,1H3,(H2,20,21)(H,22,23)/t12-/m1/s1. The second kappa shape index (κ2) is 7.19. The number of aryl methyl sites for hydroxylation is 1. The Morgan fingerprint density at radius 1 is 1.38 bits per heavy atom. The molecule has 0 bridgehead atoms. The molecule has 0 aliphatic carbocycles. The fourth-order valence-electron chi connectivity index (χ4n) is 3.59. The number of rotatable bonds is 5. The van der Waals surface area contributed by atoms with E-state index in [0.29, 0.717) is 16.9 Å². The molecule has 12 heteroatoms. The first-order valence-corrected chi connectivity index (χ1v) is 10.3. The molecule has 3 aromatic rings.